The monoisotopic (exact) mass is 371 g/mol. The molecule has 1 aromatic heterocycles. The van der Waals surface area contributed by atoms with E-state index in [0.29, 0.717) is 28.3 Å². The second-order valence-electron chi connectivity index (χ2n) is 5.58. The Hall–Kier alpha value is -2.66. The number of nitrogens with zero attached hydrogens (tertiary/aromatic N) is 2. The summed E-state index contributed by atoms with van der Waals surface area (Å²) in [4.78, 5) is 25.4. The molecule has 4 rings (SSSR count). The molecule has 114 valence electrons. The fourth-order valence-corrected chi connectivity index (χ4v) is 3.88. The molecule has 3 N–H and O–H groups in total. The van der Waals surface area contributed by atoms with Gasteiger partial charge in [0.25, 0.3) is 0 Å². The Labute approximate surface area is 139 Å². The molecule has 0 saturated carbocycles. The number of carbonyl (C=O) groups is 2. The first-order chi connectivity index (χ1) is 11.0. The van der Waals surface area contributed by atoms with Crippen molar-refractivity contribution in [3.8, 4) is 6.07 Å². The lowest BCUT2D eigenvalue weighted by atomic mass is 9.64. The van der Waals surface area contributed by atoms with E-state index in [9.17, 15) is 14.9 Å². The van der Waals surface area contributed by atoms with E-state index in [1.54, 1.807) is 25.1 Å². The van der Waals surface area contributed by atoms with Gasteiger partial charge in [-0.25, -0.2) is 0 Å². The van der Waals surface area contributed by atoms with Crippen molar-refractivity contribution in [3.63, 3.8) is 0 Å². The molecule has 2 amide bonds. The summed E-state index contributed by atoms with van der Waals surface area (Å²) >= 11 is 3.40. The molecule has 0 unspecified atom stereocenters. The maximum absolute atomic E-state index is 12.9. The van der Waals surface area contributed by atoms with Gasteiger partial charge in [-0.1, -0.05) is 15.9 Å². The van der Waals surface area contributed by atoms with Crippen LogP contribution in [0.15, 0.2) is 22.7 Å². The lowest BCUT2D eigenvalue weighted by Crippen LogP contribution is -2.51. The minimum absolute atomic E-state index is 0.293. The van der Waals surface area contributed by atoms with Gasteiger partial charge in [0, 0.05) is 21.4 Å². The zero-order valence-electron chi connectivity index (χ0n) is 11.9. The molecule has 8 heteroatoms. The summed E-state index contributed by atoms with van der Waals surface area (Å²) in [6.45, 7) is 1.77. The number of carbonyl (C=O) groups excluding carboxylic acids is 2. The molecule has 23 heavy (non-hydrogen) atoms. The van der Waals surface area contributed by atoms with Crippen LogP contribution in [-0.2, 0) is 15.0 Å². The summed E-state index contributed by atoms with van der Waals surface area (Å²) in [7, 11) is 0. The summed E-state index contributed by atoms with van der Waals surface area (Å²) in [6, 6.07) is 7.32. The molecular weight excluding hydrogens is 362 g/mol. The van der Waals surface area contributed by atoms with Crippen molar-refractivity contribution in [2.45, 2.75) is 12.3 Å². The highest BCUT2D eigenvalue weighted by Gasteiger charge is 2.61. The fourth-order valence-electron chi connectivity index (χ4n) is 3.52. The van der Waals surface area contributed by atoms with Crippen molar-refractivity contribution in [3.05, 3.63) is 39.5 Å². The minimum Gasteiger partial charge on any atom is -0.325 e. The van der Waals surface area contributed by atoms with Crippen LogP contribution in [-0.4, -0.2) is 22.0 Å². The highest BCUT2D eigenvalue weighted by molar-refractivity contribution is 9.10. The van der Waals surface area contributed by atoms with E-state index in [-0.39, 0.29) is 0 Å². The van der Waals surface area contributed by atoms with E-state index in [4.69, 9.17) is 0 Å². The van der Waals surface area contributed by atoms with E-state index < -0.39 is 23.1 Å². The number of benzene rings is 1. The van der Waals surface area contributed by atoms with Crippen molar-refractivity contribution in [2.24, 2.45) is 5.92 Å². The van der Waals surface area contributed by atoms with E-state index in [2.05, 4.69) is 36.8 Å². The van der Waals surface area contributed by atoms with Gasteiger partial charge in [0.1, 0.15) is 11.3 Å². The van der Waals surface area contributed by atoms with Crippen LogP contribution in [0.3, 0.4) is 0 Å². The van der Waals surface area contributed by atoms with Gasteiger partial charge < -0.3 is 10.6 Å². The molecule has 2 aliphatic rings. The molecule has 2 aromatic rings. The highest BCUT2D eigenvalue weighted by atomic mass is 79.9. The van der Waals surface area contributed by atoms with Gasteiger partial charge in [0.15, 0.2) is 5.82 Å². The Morgan fingerprint density at radius 1 is 1.35 bits per heavy atom. The average molecular weight is 372 g/mol. The van der Waals surface area contributed by atoms with Crippen molar-refractivity contribution in [1.29, 1.82) is 5.26 Å². The lowest BCUT2D eigenvalue weighted by molar-refractivity contribution is -0.127. The molecule has 3 heterocycles. The number of H-pyrrole nitrogens is 1. The Kier molecular flexibility index (Phi) is 2.69. The fraction of sp³-hybridized carbons (Fsp3) is 0.200. The van der Waals surface area contributed by atoms with E-state index >= 15 is 0 Å². The Bertz CT molecular complexity index is 928. The number of aryl methyl sites for hydroxylation is 1. The zero-order chi connectivity index (χ0) is 16.4. The number of hydrogen-bond donors (Lipinski definition) is 3. The first kappa shape index (κ1) is 14.0. The van der Waals surface area contributed by atoms with Gasteiger partial charge in [-0.15, -0.1) is 0 Å². The first-order valence-corrected chi connectivity index (χ1v) is 7.67. The third-order valence-electron chi connectivity index (χ3n) is 4.42. The van der Waals surface area contributed by atoms with Crippen LogP contribution < -0.4 is 10.6 Å². The SMILES string of the molecule is Cc1[nH]nc2c1[C@@]1(C(=O)Nc3ccc(Br)cc31)[C@H](C#N)C(=O)N2. The molecule has 7 nitrogen and oxygen atoms in total. The lowest BCUT2D eigenvalue weighted by Gasteiger charge is -2.35. The molecule has 0 saturated heterocycles. The normalized spacial score (nSPS) is 24.7. The van der Waals surface area contributed by atoms with Crippen molar-refractivity contribution < 1.29 is 9.59 Å². The number of anilines is 2. The van der Waals surface area contributed by atoms with Crippen LogP contribution >= 0.6 is 15.9 Å². The average Bonchev–Trinajstić information content (AvgIpc) is 3.00. The number of nitrogens with one attached hydrogen (secondary N) is 3. The van der Waals surface area contributed by atoms with Crippen LogP contribution in [0, 0.1) is 24.2 Å². The number of aromatic nitrogens is 2. The van der Waals surface area contributed by atoms with E-state index in [1.807, 2.05) is 6.07 Å². The Balaban J connectivity index is 2.15. The quantitative estimate of drug-likeness (QED) is 0.655. The minimum atomic E-state index is -1.40. The van der Waals surface area contributed by atoms with Gasteiger partial charge in [-0.05, 0) is 30.7 Å². The summed E-state index contributed by atoms with van der Waals surface area (Å²) in [5.74, 6) is -1.81. The van der Waals surface area contributed by atoms with Crippen molar-refractivity contribution >= 4 is 39.2 Å². The Morgan fingerprint density at radius 2 is 2.13 bits per heavy atom. The zero-order valence-corrected chi connectivity index (χ0v) is 13.5. The third-order valence-corrected chi connectivity index (χ3v) is 4.91. The third kappa shape index (κ3) is 1.55. The number of nitriles is 1. The smallest absolute Gasteiger partial charge is 0.244 e. The molecule has 0 aliphatic carbocycles. The second-order valence-corrected chi connectivity index (χ2v) is 6.49. The molecule has 1 spiro atoms. The molecule has 2 aliphatic heterocycles. The predicted octanol–water partition coefficient (Wildman–Crippen LogP) is 1.81. The van der Waals surface area contributed by atoms with E-state index in [0.717, 1.165) is 4.47 Å². The largest absolute Gasteiger partial charge is 0.325 e. The molecule has 2 atom stereocenters. The molecule has 1 aromatic carbocycles. The maximum Gasteiger partial charge on any atom is 0.244 e. The Morgan fingerprint density at radius 3 is 2.87 bits per heavy atom. The van der Waals surface area contributed by atoms with Crippen LogP contribution in [0.25, 0.3) is 0 Å². The number of rotatable bonds is 0. The maximum atomic E-state index is 12.9. The molecular formula is C15H10BrN5O2. The molecule has 0 bridgehead atoms. The number of aromatic amines is 1. The first-order valence-electron chi connectivity index (χ1n) is 6.87. The standard InChI is InChI=1S/C15H10BrN5O2/c1-6-11-12(21-20-6)19-13(22)9(5-17)15(11)8-4-7(16)2-3-10(8)18-14(15)23/h2-4,9H,1H3,(H,18,23)(H2,19,20,21,22)/t9-,15+/m1/s1. The van der Waals surface area contributed by atoms with Crippen molar-refractivity contribution in [2.75, 3.05) is 10.6 Å². The van der Waals surface area contributed by atoms with Crippen LogP contribution in [0.1, 0.15) is 16.8 Å². The van der Waals surface area contributed by atoms with Gasteiger partial charge in [-0.2, -0.15) is 10.4 Å². The van der Waals surface area contributed by atoms with E-state index in [1.165, 1.54) is 0 Å². The predicted molar refractivity (Wildman–Crippen MR) is 84.6 cm³/mol. The number of fused-ring (bicyclic) bond motifs is 4. The van der Waals surface area contributed by atoms with Gasteiger partial charge >= 0.3 is 0 Å². The van der Waals surface area contributed by atoms with Crippen LogP contribution in [0.5, 0.6) is 0 Å². The van der Waals surface area contributed by atoms with Gasteiger partial charge in [0.2, 0.25) is 11.8 Å². The van der Waals surface area contributed by atoms with Crippen LogP contribution in [0.2, 0.25) is 0 Å². The summed E-state index contributed by atoms with van der Waals surface area (Å²) in [6.07, 6.45) is 0. The number of hydrogen-bond acceptors (Lipinski definition) is 4. The summed E-state index contributed by atoms with van der Waals surface area (Å²) < 4.78 is 0.762. The topological polar surface area (TPSA) is 111 Å². The summed E-state index contributed by atoms with van der Waals surface area (Å²) in [5.41, 5.74) is 0.979. The highest BCUT2D eigenvalue weighted by Crippen LogP contribution is 2.53. The summed E-state index contributed by atoms with van der Waals surface area (Å²) in [5, 5.41) is 21.9. The van der Waals surface area contributed by atoms with Gasteiger partial charge in [0.05, 0.1) is 6.07 Å². The number of amides is 2. The van der Waals surface area contributed by atoms with Crippen molar-refractivity contribution in [1.82, 2.24) is 10.2 Å². The number of halogens is 1. The molecule has 0 fully saturated rings. The van der Waals surface area contributed by atoms with Crippen LogP contribution in [0.4, 0.5) is 11.5 Å². The molecule has 0 radical (unpaired) electrons. The second kappa shape index (κ2) is 4.43. The van der Waals surface area contributed by atoms with Gasteiger partial charge in [-0.3, -0.25) is 14.7 Å².